The van der Waals surface area contributed by atoms with Gasteiger partial charge in [0.1, 0.15) is 5.88 Å². The number of halogens is 1. The molecule has 0 spiro atoms. The van der Waals surface area contributed by atoms with Gasteiger partial charge in [-0.05, 0) is 6.92 Å². The fourth-order valence-electron chi connectivity index (χ4n) is 0.809. The molecular weight excluding hydrogens is 194 g/mol. The number of hydrogen-bond donors (Lipinski definition) is 0. The van der Waals surface area contributed by atoms with Crippen molar-refractivity contribution in [3.05, 3.63) is 0 Å². The molecule has 0 saturated heterocycles. The first-order valence-electron chi connectivity index (χ1n) is 4.10. The second kappa shape index (κ2) is 7.12. The molecule has 0 radical (unpaired) electrons. The van der Waals surface area contributed by atoms with Crippen molar-refractivity contribution in [3.8, 4) is 0 Å². The standard InChI is InChI=1S/C8H16ClNO3/c1-4-13-8(12-3)6-10(2)7(11)5-9/h8H,4-6H2,1-3H3. The van der Waals surface area contributed by atoms with Gasteiger partial charge < -0.3 is 14.4 Å². The number of nitrogens with zero attached hydrogens (tertiary/aromatic N) is 1. The van der Waals surface area contributed by atoms with Gasteiger partial charge in [0.25, 0.3) is 0 Å². The third kappa shape index (κ3) is 5.08. The van der Waals surface area contributed by atoms with Crippen molar-refractivity contribution in [3.63, 3.8) is 0 Å². The fraction of sp³-hybridized carbons (Fsp3) is 0.875. The Balaban J connectivity index is 3.85. The average molecular weight is 210 g/mol. The lowest BCUT2D eigenvalue weighted by Gasteiger charge is -2.22. The molecule has 0 rings (SSSR count). The molecule has 0 heterocycles. The van der Waals surface area contributed by atoms with Crippen LogP contribution in [0.3, 0.4) is 0 Å². The van der Waals surface area contributed by atoms with Gasteiger partial charge in [-0.15, -0.1) is 11.6 Å². The van der Waals surface area contributed by atoms with Gasteiger partial charge in [-0.1, -0.05) is 0 Å². The van der Waals surface area contributed by atoms with E-state index >= 15 is 0 Å². The SMILES string of the molecule is CCOC(CN(C)C(=O)CCl)OC. The summed E-state index contributed by atoms with van der Waals surface area (Å²) in [6.45, 7) is 2.83. The number of likely N-dealkylation sites (N-methyl/N-ethyl adjacent to an activating group) is 1. The van der Waals surface area contributed by atoms with E-state index in [1.807, 2.05) is 6.92 Å². The number of amides is 1. The zero-order chi connectivity index (χ0) is 10.3. The molecule has 13 heavy (non-hydrogen) atoms. The molecular formula is C8H16ClNO3. The quantitative estimate of drug-likeness (QED) is 0.477. The minimum absolute atomic E-state index is 0.0148. The van der Waals surface area contributed by atoms with Crippen molar-refractivity contribution >= 4 is 17.5 Å². The molecule has 4 nitrogen and oxygen atoms in total. The second-order valence-corrected chi connectivity index (χ2v) is 2.80. The highest BCUT2D eigenvalue weighted by molar-refractivity contribution is 6.27. The molecule has 5 heteroatoms. The number of hydrogen-bond acceptors (Lipinski definition) is 3. The highest BCUT2D eigenvalue weighted by atomic mass is 35.5. The maximum absolute atomic E-state index is 11.1. The van der Waals surface area contributed by atoms with E-state index in [-0.39, 0.29) is 18.1 Å². The van der Waals surface area contributed by atoms with Crippen LogP contribution in [0, 0.1) is 0 Å². The van der Waals surface area contributed by atoms with E-state index in [0.717, 1.165) is 0 Å². The van der Waals surface area contributed by atoms with E-state index in [1.165, 1.54) is 4.90 Å². The summed E-state index contributed by atoms with van der Waals surface area (Å²) in [5, 5.41) is 0. The van der Waals surface area contributed by atoms with Crippen molar-refractivity contribution < 1.29 is 14.3 Å². The molecule has 0 aromatic carbocycles. The first-order chi connectivity index (χ1) is 6.15. The topological polar surface area (TPSA) is 38.8 Å². The number of carbonyl (C=O) groups is 1. The van der Waals surface area contributed by atoms with Gasteiger partial charge in [0.2, 0.25) is 5.91 Å². The summed E-state index contributed by atoms with van der Waals surface area (Å²) in [4.78, 5) is 12.5. The molecule has 0 saturated carbocycles. The van der Waals surface area contributed by atoms with Crippen molar-refractivity contribution in [2.75, 3.05) is 33.2 Å². The number of alkyl halides is 1. The van der Waals surface area contributed by atoms with Gasteiger partial charge in [-0.2, -0.15) is 0 Å². The Morgan fingerprint density at radius 3 is 2.62 bits per heavy atom. The molecule has 78 valence electrons. The Morgan fingerprint density at radius 1 is 1.62 bits per heavy atom. The lowest BCUT2D eigenvalue weighted by atomic mass is 10.5. The Kier molecular flexibility index (Phi) is 6.94. The van der Waals surface area contributed by atoms with E-state index in [1.54, 1.807) is 14.2 Å². The van der Waals surface area contributed by atoms with Gasteiger partial charge in [0, 0.05) is 20.8 Å². The van der Waals surface area contributed by atoms with Gasteiger partial charge >= 0.3 is 0 Å². The summed E-state index contributed by atoms with van der Waals surface area (Å²) < 4.78 is 10.2. The fourth-order valence-corrected chi connectivity index (χ4v) is 1.01. The summed E-state index contributed by atoms with van der Waals surface area (Å²) >= 11 is 5.38. The highest BCUT2D eigenvalue weighted by Crippen LogP contribution is 1.97. The van der Waals surface area contributed by atoms with Crippen LogP contribution >= 0.6 is 11.6 Å². The van der Waals surface area contributed by atoms with E-state index < -0.39 is 0 Å². The van der Waals surface area contributed by atoms with Crippen LogP contribution in [-0.4, -0.2) is 50.3 Å². The largest absolute Gasteiger partial charge is 0.354 e. The molecule has 1 amide bonds. The molecule has 0 aromatic heterocycles. The smallest absolute Gasteiger partial charge is 0.237 e. The Bertz CT molecular complexity index is 154. The van der Waals surface area contributed by atoms with E-state index in [0.29, 0.717) is 13.2 Å². The molecule has 0 fully saturated rings. The predicted octanol–water partition coefficient (Wildman–Crippen LogP) is 0.693. The summed E-state index contributed by atoms with van der Waals surface area (Å²) in [6.07, 6.45) is -0.373. The zero-order valence-electron chi connectivity index (χ0n) is 8.25. The zero-order valence-corrected chi connectivity index (χ0v) is 9.00. The first-order valence-corrected chi connectivity index (χ1v) is 4.63. The van der Waals surface area contributed by atoms with E-state index in [9.17, 15) is 4.79 Å². The molecule has 0 aliphatic heterocycles. The van der Waals surface area contributed by atoms with Crippen LogP contribution in [-0.2, 0) is 14.3 Å². The molecule has 0 N–H and O–H groups in total. The lowest BCUT2D eigenvalue weighted by Crippen LogP contribution is -2.37. The predicted molar refractivity (Wildman–Crippen MR) is 50.8 cm³/mol. The number of rotatable bonds is 6. The van der Waals surface area contributed by atoms with Gasteiger partial charge in [0.05, 0.1) is 6.54 Å². The van der Waals surface area contributed by atoms with Crippen molar-refractivity contribution in [1.29, 1.82) is 0 Å². The second-order valence-electron chi connectivity index (χ2n) is 2.53. The van der Waals surface area contributed by atoms with Gasteiger partial charge in [-0.25, -0.2) is 0 Å². The van der Waals surface area contributed by atoms with Gasteiger partial charge in [-0.3, -0.25) is 4.79 Å². The van der Waals surface area contributed by atoms with Crippen molar-refractivity contribution in [1.82, 2.24) is 4.90 Å². The minimum Gasteiger partial charge on any atom is -0.354 e. The third-order valence-electron chi connectivity index (χ3n) is 1.58. The molecule has 0 aliphatic carbocycles. The van der Waals surface area contributed by atoms with Crippen LogP contribution < -0.4 is 0 Å². The van der Waals surface area contributed by atoms with Crippen LogP contribution in [0.4, 0.5) is 0 Å². The van der Waals surface area contributed by atoms with Crippen molar-refractivity contribution in [2.24, 2.45) is 0 Å². The van der Waals surface area contributed by atoms with E-state index in [2.05, 4.69) is 0 Å². The monoisotopic (exact) mass is 209 g/mol. The minimum atomic E-state index is -0.373. The normalized spacial score (nSPS) is 12.6. The maximum Gasteiger partial charge on any atom is 0.237 e. The molecule has 0 aliphatic rings. The summed E-state index contributed by atoms with van der Waals surface area (Å²) in [5.74, 6) is -0.151. The van der Waals surface area contributed by atoms with E-state index in [4.69, 9.17) is 21.1 Å². The van der Waals surface area contributed by atoms with Crippen molar-refractivity contribution in [2.45, 2.75) is 13.2 Å². The average Bonchev–Trinajstić information content (AvgIpc) is 2.15. The van der Waals surface area contributed by atoms with Crippen LogP contribution in [0.15, 0.2) is 0 Å². The van der Waals surface area contributed by atoms with Crippen LogP contribution in [0.1, 0.15) is 6.92 Å². The summed E-state index contributed by atoms with van der Waals surface area (Å²) in [5.41, 5.74) is 0. The summed E-state index contributed by atoms with van der Waals surface area (Å²) in [7, 11) is 3.20. The molecule has 1 atom stereocenters. The first kappa shape index (κ1) is 12.7. The van der Waals surface area contributed by atoms with Crippen LogP contribution in [0.5, 0.6) is 0 Å². The van der Waals surface area contributed by atoms with Crippen LogP contribution in [0.2, 0.25) is 0 Å². The van der Waals surface area contributed by atoms with Crippen LogP contribution in [0.25, 0.3) is 0 Å². The maximum atomic E-state index is 11.1. The molecule has 0 aromatic rings. The molecule has 0 bridgehead atoms. The Hall–Kier alpha value is -0.320. The van der Waals surface area contributed by atoms with Gasteiger partial charge in [0.15, 0.2) is 6.29 Å². The lowest BCUT2D eigenvalue weighted by molar-refractivity contribution is -0.146. The number of methoxy groups -OCH3 is 1. The number of ether oxygens (including phenoxy) is 2. The third-order valence-corrected chi connectivity index (χ3v) is 1.81. The summed E-state index contributed by atoms with van der Waals surface area (Å²) in [6, 6.07) is 0. The highest BCUT2D eigenvalue weighted by Gasteiger charge is 2.13. The molecule has 1 unspecified atom stereocenters. The Morgan fingerprint density at radius 2 is 2.23 bits per heavy atom. The number of carbonyl (C=O) groups excluding carboxylic acids is 1. The Labute approximate surface area is 83.7 Å².